The van der Waals surface area contributed by atoms with E-state index < -0.39 is 5.97 Å². The van der Waals surface area contributed by atoms with Crippen LogP contribution in [0.15, 0.2) is 29.6 Å². The summed E-state index contributed by atoms with van der Waals surface area (Å²) in [4.78, 5) is 22.3. The van der Waals surface area contributed by atoms with Gasteiger partial charge in [0.1, 0.15) is 0 Å². The van der Waals surface area contributed by atoms with Gasteiger partial charge in [-0.1, -0.05) is 16.6 Å². The lowest BCUT2D eigenvalue weighted by atomic mass is 10.1. The number of carbonyl (C=O) groups excluding carboxylic acids is 1. The number of benzene rings is 1. The fraction of sp³-hybridized carbons (Fsp3) is 0.167. The number of aliphatic carboxylic acids is 1. The minimum Gasteiger partial charge on any atom is -0.481 e. The highest BCUT2D eigenvalue weighted by Gasteiger charge is 2.09. The highest BCUT2D eigenvalue weighted by Crippen LogP contribution is 2.13. The van der Waals surface area contributed by atoms with Crippen molar-refractivity contribution >= 4 is 29.1 Å². The van der Waals surface area contributed by atoms with Crippen molar-refractivity contribution < 1.29 is 14.7 Å². The largest absolute Gasteiger partial charge is 0.481 e. The second-order valence-corrected chi connectivity index (χ2v) is 4.45. The van der Waals surface area contributed by atoms with E-state index in [1.807, 2.05) is 6.07 Å². The van der Waals surface area contributed by atoms with Gasteiger partial charge in [0.2, 0.25) is 0 Å². The SMILES string of the molecule is O=C(O)CCc1cccc(NC(=O)c2csnn2)c1. The number of nitrogens with zero attached hydrogens (tertiary/aromatic N) is 2. The van der Waals surface area contributed by atoms with E-state index in [-0.39, 0.29) is 18.0 Å². The van der Waals surface area contributed by atoms with Crippen molar-refractivity contribution in [1.82, 2.24) is 9.59 Å². The lowest BCUT2D eigenvalue weighted by molar-refractivity contribution is -0.136. The zero-order chi connectivity index (χ0) is 13.7. The second kappa shape index (κ2) is 6.05. The number of nitrogens with one attached hydrogen (secondary N) is 1. The Bertz CT molecular complexity index is 584. The van der Waals surface area contributed by atoms with Gasteiger partial charge in [-0.2, -0.15) is 0 Å². The standard InChI is InChI=1S/C12H11N3O3S/c16-11(17)5-4-8-2-1-3-9(6-8)13-12(18)10-7-19-15-14-10/h1-3,6-7H,4-5H2,(H,13,18)(H,16,17). The summed E-state index contributed by atoms with van der Waals surface area (Å²) >= 11 is 1.11. The van der Waals surface area contributed by atoms with E-state index in [2.05, 4.69) is 14.9 Å². The molecule has 0 unspecified atom stereocenters. The molecule has 1 amide bonds. The Morgan fingerprint density at radius 2 is 2.21 bits per heavy atom. The lowest BCUT2D eigenvalue weighted by Crippen LogP contribution is -2.12. The highest BCUT2D eigenvalue weighted by atomic mass is 32.1. The molecule has 0 fully saturated rings. The van der Waals surface area contributed by atoms with Crippen LogP contribution in [0.1, 0.15) is 22.5 Å². The molecule has 0 aliphatic carbocycles. The van der Waals surface area contributed by atoms with E-state index in [0.29, 0.717) is 12.1 Å². The van der Waals surface area contributed by atoms with Crippen molar-refractivity contribution in [2.45, 2.75) is 12.8 Å². The van der Waals surface area contributed by atoms with Crippen LogP contribution >= 0.6 is 11.5 Å². The molecular formula is C12H11N3O3S. The number of aryl methyl sites for hydroxylation is 1. The predicted molar refractivity (Wildman–Crippen MR) is 70.3 cm³/mol. The van der Waals surface area contributed by atoms with Gasteiger partial charge in [-0.15, -0.1) is 5.10 Å². The van der Waals surface area contributed by atoms with Gasteiger partial charge in [-0.3, -0.25) is 9.59 Å². The van der Waals surface area contributed by atoms with Gasteiger partial charge in [0.15, 0.2) is 5.69 Å². The van der Waals surface area contributed by atoms with Crippen molar-refractivity contribution in [3.63, 3.8) is 0 Å². The van der Waals surface area contributed by atoms with Crippen LogP contribution in [0, 0.1) is 0 Å². The first kappa shape index (κ1) is 13.2. The highest BCUT2D eigenvalue weighted by molar-refractivity contribution is 7.03. The molecular weight excluding hydrogens is 266 g/mol. The molecule has 6 nitrogen and oxygen atoms in total. The number of rotatable bonds is 5. The van der Waals surface area contributed by atoms with Gasteiger partial charge in [0.05, 0.1) is 0 Å². The summed E-state index contributed by atoms with van der Waals surface area (Å²) in [5.41, 5.74) is 1.73. The molecule has 0 aliphatic heterocycles. The predicted octanol–water partition coefficient (Wildman–Crippen LogP) is 1.81. The van der Waals surface area contributed by atoms with Gasteiger partial charge >= 0.3 is 5.97 Å². The number of anilines is 1. The van der Waals surface area contributed by atoms with E-state index in [0.717, 1.165) is 17.1 Å². The zero-order valence-corrected chi connectivity index (χ0v) is 10.7. The third kappa shape index (κ3) is 3.85. The maximum absolute atomic E-state index is 11.8. The van der Waals surface area contributed by atoms with Gasteiger partial charge in [-0.25, -0.2) is 0 Å². The molecule has 0 bridgehead atoms. The molecule has 1 aromatic heterocycles. The summed E-state index contributed by atoms with van der Waals surface area (Å²) in [7, 11) is 0. The van der Waals surface area contributed by atoms with E-state index in [1.54, 1.807) is 23.6 Å². The first-order valence-corrected chi connectivity index (χ1v) is 6.38. The Morgan fingerprint density at radius 1 is 1.37 bits per heavy atom. The summed E-state index contributed by atoms with van der Waals surface area (Å²) in [6.07, 6.45) is 0.491. The van der Waals surface area contributed by atoms with Crippen LogP contribution < -0.4 is 5.32 Å². The molecule has 0 spiro atoms. The Kier molecular flexibility index (Phi) is 4.19. The summed E-state index contributed by atoms with van der Waals surface area (Å²) in [5, 5.41) is 16.6. The van der Waals surface area contributed by atoms with Crippen LogP contribution in [0.25, 0.3) is 0 Å². The number of amides is 1. The van der Waals surface area contributed by atoms with E-state index in [9.17, 15) is 9.59 Å². The fourth-order valence-corrected chi connectivity index (χ4v) is 1.95. The molecule has 0 atom stereocenters. The average Bonchev–Trinajstić information content (AvgIpc) is 2.91. The summed E-state index contributed by atoms with van der Waals surface area (Å²) in [6, 6.07) is 7.08. The Balaban J connectivity index is 2.02. The zero-order valence-electron chi connectivity index (χ0n) is 9.87. The number of carboxylic acid groups (broad SMARTS) is 1. The summed E-state index contributed by atoms with van der Waals surface area (Å²) in [6.45, 7) is 0. The molecule has 2 N–H and O–H groups in total. The Morgan fingerprint density at radius 3 is 2.89 bits per heavy atom. The van der Waals surface area contributed by atoms with Gasteiger partial charge in [0.25, 0.3) is 5.91 Å². The fourth-order valence-electron chi connectivity index (χ4n) is 1.51. The summed E-state index contributed by atoms with van der Waals surface area (Å²) in [5.74, 6) is -1.17. The molecule has 0 aliphatic rings. The van der Waals surface area contributed by atoms with Crippen molar-refractivity contribution in [2.75, 3.05) is 5.32 Å². The second-order valence-electron chi connectivity index (χ2n) is 3.84. The van der Waals surface area contributed by atoms with Crippen LogP contribution in [0.4, 0.5) is 5.69 Å². The Hall–Kier alpha value is -2.28. The third-order valence-corrected chi connectivity index (χ3v) is 2.91. The maximum Gasteiger partial charge on any atom is 0.303 e. The van der Waals surface area contributed by atoms with Crippen molar-refractivity contribution in [1.29, 1.82) is 0 Å². The lowest BCUT2D eigenvalue weighted by Gasteiger charge is -2.05. The van der Waals surface area contributed by atoms with E-state index >= 15 is 0 Å². The normalized spacial score (nSPS) is 10.1. The van der Waals surface area contributed by atoms with Crippen LogP contribution in [-0.4, -0.2) is 26.6 Å². The van der Waals surface area contributed by atoms with Gasteiger partial charge < -0.3 is 10.4 Å². The Labute approximate surface area is 113 Å². The maximum atomic E-state index is 11.8. The number of hydrogen-bond donors (Lipinski definition) is 2. The molecule has 2 rings (SSSR count). The van der Waals surface area contributed by atoms with Crippen LogP contribution in [-0.2, 0) is 11.2 Å². The molecule has 1 heterocycles. The number of carboxylic acids is 1. The minimum atomic E-state index is -0.844. The quantitative estimate of drug-likeness (QED) is 0.869. The van der Waals surface area contributed by atoms with Crippen molar-refractivity contribution in [3.8, 4) is 0 Å². The van der Waals surface area contributed by atoms with Crippen LogP contribution in [0.3, 0.4) is 0 Å². The first-order chi connectivity index (χ1) is 9.15. The molecule has 0 saturated heterocycles. The minimum absolute atomic E-state index is 0.0629. The smallest absolute Gasteiger partial charge is 0.303 e. The number of aromatic nitrogens is 2. The van der Waals surface area contributed by atoms with Gasteiger partial charge in [0, 0.05) is 17.5 Å². The number of carbonyl (C=O) groups is 2. The molecule has 19 heavy (non-hydrogen) atoms. The third-order valence-electron chi connectivity index (χ3n) is 2.41. The topological polar surface area (TPSA) is 92.2 Å². The first-order valence-electron chi connectivity index (χ1n) is 5.54. The molecule has 0 radical (unpaired) electrons. The van der Waals surface area contributed by atoms with Crippen LogP contribution in [0.5, 0.6) is 0 Å². The monoisotopic (exact) mass is 277 g/mol. The molecule has 1 aromatic carbocycles. The van der Waals surface area contributed by atoms with E-state index in [4.69, 9.17) is 5.11 Å². The molecule has 98 valence electrons. The average molecular weight is 277 g/mol. The number of hydrogen-bond acceptors (Lipinski definition) is 5. The summed E-state index contributed by atoms with van der Waals surface area (Å²) < 4.78 is 3.62. The molecule has 7 heteroatoms. The molecule has 0 saturated carbocycles. The van der Waals surface area contributed by atoms with E-state index in [1.165, 1.54) is 0 Å². The molecule has 2 aromatic rings. The van der Waals surface area contributed by atoms with Crippen molar-refractivity contribution in [3.05, 3.63) is 40.9 Å². The van der Waals surface area contributed by atoms with Gasteiger partial charge in [-0.05, 0) is 35.6 Å². The van der Waals surface area contributed by atoms with Crippen LogP contribution in [0.2, 0.25) is 0 Å². The van der Waals surface area contributed by atoms with Crippen molar-refractivity contribution in [2.24, 2.45) is 0 Å².